The molecule has 0 radical (unpaired) electrons. The molecule has 8 heteroatoms. The number of hydrogen-bond acceptors (Lipinski definition) is 7. The number of carbonyl (C=O) groups is 1. The van der Waals surface area contributed by atoms with Gasteiger partial charge in [-0.25, -0.2) is 0 Å². The molecule has 0 aliphatic carbocycles. The van der Waals surface area contributed by atoms with Gasteiger partial charge in [-0.1, -0.05) is 0 Å². The summed E-state index contributed by atoms with van der Waals surface area (Å²) < 4.78 is 4.89. The van der Waals surface area contributed by atoms with Crippen LogP contribution >= 0.6 is 0 Å². The van der Waals surface area contributed by atoms with Crippen molar-refractivity contribution in [3.63, 3.8) is 0 Å². The zero-order valence-corrected chi connectivity index (χ0v) is 10.1. The van der Waals surface area contributed by atoms with Gasteiger partial charge in [0.05, 0.1) is 13.7 Å². The fraction of sp³-hybridized carbons (Fsp3) is 0.556. The Bertz CT molecular complexity index is 397. The van der Waals surface area contributed by atoms with Gasteiger partial charge in [-0.2, -0.15) is 15.0 Å². The van der Waals surface area contributed by atoms with Crippen molar-refractivity contribution in [1.82, 2.24) is 20.3 Å². The highest BCUT2D eigenvalue weighted by atomic mass is 16.5. The number of anilines is 2. The molecule has 1 rings (SSSR count). The fourth-order valence-electron chi connectivity index (χ4n) is 1.17. The lowest BCUT2D eigenvalue weighted by molar-refractivity contribution is -0.119. The second-order valence-corrected chi connectivity index (χ2v) is 3.17. The van der Waals surface area contributed by atoms with E-state index in [9.17, 15) is 4.79 Å². The molecule has 1 amide bonds. The summed E-state index contributed by atoms with van der Waals surface area (Å²) in [6.45, 7) is 2.61. The molecule has 0 aliphatic rings. The maximum atomic E-state index is 11.3. The molecular weight excluding hydrogens is 224 g/mol. The number of amides is 1. The van der Waals surface area contributed by atoms with Crippen LogP contribution in [-0.2, 0) is 4.79 Å². The molecule has 1 aromatic heterocycles. The van der Waals surface area contributed by atoms with E-state index >= 15 is 0 Å². The van der Waals surface area contributed by atoms with Crippen LogP contribution in [0.25, 0.3) is 0 Å². The summed E-state index contributed by atoms with van der Waals surface area (Å²) >= 11 is 0. The van der Waals surface area contributed by atoms with Crippen LogP contribution in [0, 0.1) is 0 Å². The van der Waals surface area contributed by atoms with Gasteiger partial charge in [0, 0.05) is 13.6 Å². The topological polar surface area (TPSA) is 106 Å². The average Bonchev–Trinajstić information content (AvgIpc) is 2.34. The Labute approximate surface area is 99.2 Å². The minimum atomic E-state index is -0.134. The number of nitrogens with one attached hydrogen (secondary N) is 1. The number of carbonyl (C=O) groups excluding carboxylic acids is 1. The van der Waals surface area contributed by atoms with Crippen LogP contribution < -0.4 is 20.7 Å². The van der Waals surface area contributed by atoms with Crippen LogP contribution in [0.15, 0.2) is 0 Å². The summed E-state index contributed by atoms with van der Waals surface area (Å²) in [5.41, 5.74) is 5.52. The minimum Gasteiger partial charge on any atom is -0.467 e. The summed E-state index contributed by atoms with van der Waals surface area (Å²) in [5.74, 6) is 0.243. The van der Waals surface area contributed by atoms with Crippen molar-refractivity contribution < 1.29 is 9.53 Å². The molecule has 3 N–H and O–H groups in total. The summed E-state index contributed by atoms with van der Waals surface area (Å²) in [6, 6.07) is 0.128. The molecule has 0 saturated carbocycles. The average molecular weight is 240 g/mol. The number of methoxy groups -OCH3 is 1. The number of nitrogen functional groups attached to an aromatic ring is 1. The smallest absolute Gasteiger partial charge is 0.322 e. The zero-order valence-electron chi connectivity index (χ0n) is 10.1. The first-order chi connectivity index (χ1) is 8.10. The quantitative estimate of drug-likeness (QED) is 0.682. The minimum absolute atomic E-state index is 0.0576. The van der Waals surface area contributed by atoms with Gasteiger partial charge in [0.1, 0.15) is 0 Å². The molecule has 17 heavy (non-hydrogen) atoms. The first-order valence-corrected chi connectivity index (χ1v) is 5.11. The van der Waals surface area contributed by atoms with E-state index in [1.165, 1.54) is 7.11 Å². The van der Waals surface area contributed by atoms with Crippen LogP contribution in [0.2, 0.25) is 0 Å². The highest BCUT2D eigenvalue weighted by Gasteiger charge is 2.14. The number of rotatable bonds is 5. The Hall–Kier alpha value is -2.12. The molecule has 0 atom stereocenters. The predicted octanol–water partition coefficient (Wildman–Crippen LogP) is -0.965. The highest BCUT2D eigenvalue weighted by Crippen LogP contribution is 2.12. The molecule has 0 aliphatic heterocycles. The van der Waals surface area contributed by atoms with Crippen molar-refractivity contribution >= 4 is 17.8 Å². The highest BCUT2D eigenvalue weighted by molar-refractivity contribution is 5.80. The fourth-order valence-corrected chi connectivity index (χ4v) is 1.17. The normalized spacial score (nSPS) is 9.82. The van der Waals surface area contributed by atoms with E-state index in [0.29, 0.717) is 12.5 Å². The number of ether oxygens (including phenoxy) is 1. The van der Waals surface area contributed by atoms with Gasteiger partial charge in [0.25, 0.3) is 0 Å². The molecule has 0 spiro atoms. The molecule has 1 heterocycles. The van der Waals surface area contributed by atoms with Gasteiger partial charge in [-0.3, -0.25) is 4.79 Å². The lowest BCUT2D eigenvalue weighted by Crippen LogP contribution is -2.36. The number of nitrogens with zero attached hydrogens (tertiary/aromatic N) is 4. The zero-order chi connectivity index (χ0) is 12.8. The summed E-state index contributed by atoms with van der Waals surface area (Å²) in [6.07, 6.45) is 0. The lowest BCUT2D eigenvalue weighted by Gasteiger charge is -2.19. The largest absolute Gasteiger partial charge is 0.467 e. The van der Waals surface area contributed by atoms with Gasteiger partial charge in [0.15, 0.2) is 0 Å². The van der Waals surface area contributed by atoms with E-state index in [0.717, 1.165) is 0 Å². The van der Waals surface area contributed by atoms with Crippen LogP contribution in [0.4, 0.5) is 11.9 Å². The van der Waals surface area contributed by atoms with E-state index < -0.39 is 0 Å². The number of nitrogens with two attached hydrogens (primary N) is 1. The molecule has 0 saturated heterocycles. The van der Waals surface area contributed by atoms with E-state index in [-0.39, 0.29) is 24.4 Å². The van der Waals surface area contributed by atoms with E-state index in [1.54, 1.807) is 11.9 Å². The van der Waals surface area contributed by atoms with E-state index in [4.69, 9.17) is 10.5 Å². The molecule has 0 bridgehead atoms. The molecule has 1 aromatic rings. The van der Waals surface area contributed by atoms with E-state index in [1.807, 2.05) is 6.92 Å². The van der Waals surface area contributed by atoms with Gasteiger partial charge in [0.2, 0.25) is 17.8 Å². The van der Waals surface area contributed by atoms with Crippen LogP contribution in [0.1, 0.15) is 6.92 Å². The van der Waals surface area contributed by atoms with Crippen molar-refractivity contribution in [3.05, 3.63) is 0 Å². The Morgan fingerprint density at radius 1 is 1.47 bits per heavy atom. The van der Waals surface area contributed by atoms with Gasteiger partial charge >= 0.3 is 6.01 Å². The van der Waals surface area contributed by atoms with Crippen molar-refractivity contribution in [3.8, 4) is 6.01 Å². The standard InChI is InChI=1S/C9H16N6O2/c1-4-15(5-6(16)11-2)8-12-7(10)13-9(14-8)17-3/h4-5H2,1-3H3,(H,11,16)(H2,10,12,13,14). The Balaban J connectivity index is 2.94. The monoisotopic (exact) mass is 240 g/mol. The number of likely N-dealkylation sites (N-methyl/N-ethyl adjacent to an activating group) is 2. The number of aromatic nitrogens is 3. The van der Waals surface area contributed by atoms with Gasteiger partial charge in [-0.05, 0) is 6.92 Å². The third-order valence-corrected chi connectivity index (χ3v) is 2.08. The second-order valence-electron chi connectivity index (χ2n) is 3.17. The van der Waals surface area contributed by atoms with Crippen LogP contribution in [0.5, 0.6) is 6.01 Å². The summed E-state index contributed by atoms with van der Waals surface area (Å²) in [5, 5.41) is 2.53. The molecule has 8 nitrogen and oxygen atoms in total. The van der Waals surface area contributed by atoms with Crippen LogP contribution in [0.3, 0.4) is 0 Å². The van der Waals surface area contributed by atoms with Gasteiger partial charge in [-0.15, -0.1) is 0 Å². The molecule has 0 unspecified atom stereocenters. The SMILES string of the molecule is CCN(CC(=O)NC)c1nc(N)nc(OC)n1. The number of hydrogen-bond donors (Lipinski definition) is 2. The third kappa shape index (κ3) is 3.44. The maximum absolute atomic E-state index is 11.3. The lowest BCUT2D eigenvalue weighted by atomic mass is 10.5. The van der Waals surface area contributed by atoms with Crippen molar-refractivity contribution in [2.45, 2.75) is 6.92 Å². The first-order valence-electron chi connectivity index (χ1n) is 5.11. The Kier molecular flexibility index (Phi) is 4.44. The molecule has 0 fully saturated rings. The summed E-state index contributed by atoms with van der Waals surface area (Å²) in [7, 11) is 3.01. The first kappa shape index (κ1) is 12.9. The Morgan fingerprint density at radius 2 is 2.18 bits per heavy atom. The predicted molar refractivity (Wildman–Crippen MR) is 62.7 cm³/mol. The second kappa shape index (κ2) is 5.83. The summed E-state index contributed by atoms with van der Waals surface area (Å²) in [4.78, 5) is 24.7. The van der Waals surface area contributed by atoms with Crippen molar-refractivity contribution in [2.75, 3.05) is 37.9 Å². The third-order valence-electron chi connectivity index (χ3n) is 2.08. The maximum Gasteiger partial charge on any atom is 0.322 e. The van der Waals surface area contributed by atoms with Gasteiger partial charge < -0.3 is 20.7 Å². The molecule has 0 aromatic carbocycles. The molecule has 94 valence electrons. The Morgan fingerprint density at radius 3 is 2.71 bits per heavy atom. The van der Waals surface area contributed by atoms with E-state index in [2.05, 4.69) is 20.3 Å². The molecular formula is C9H16N6O2. The van der Waals surface area contributed by atoms with Crippen LogP contribution in [-0.4, -0.2) is 48.1 Å². The van der Waals surface area contributed by atoms with Crippen molar-refractivity contribution in [1.29, 1.82) is 0 Å². The van der Waals surface area contributed by atoms with Crippen molar-refractivity contribution in [2.24, 2.45) is 0 Å².